The fourth-order valence-electron chi connectivity index (χ4n) is 0.871. The second-order valence-electron chi connectivity index (χ2n) is 2.78. The zero-order valence-electron chi connectivity index (χ0n) is 6.51. The third-order valence-electron chi connectivity index (χ3n) is 1.51. The zero-order valence-corrected chi connectivity index (χ0v) is 8.10. The van der Waals surface area contributed by atoms with Crippen LogP contribution in [-0.2, 0) is 6.42 Å². The summed E-state index contributed by atoms with van der Waals surface area (Å²) in [5, 5.41) is 0. The van der Waals surface area contributed by atoms with Gasteiger partial charge < -0.3 is 10.2 Å². The van der Waals surface area contributed by atoms with Gasteiger partial charge in [0.05, 0.1) is 6.26 Å². The Balaban J connectivity index is 2.39. The Kier molecular flexibility index (Phi) is 3.15. The maximum absolute atomic E-state index is 5.60. The van der Waals surface area contributed by atoms with E-state index in [0.717, 1.165) is 17.5 Å². The fraction of sp³-hybridized carbons (Fsp3) is 0.500. The number of halogens is 1. The molecule has 0 aliphatic rings. The molecule has 1 unspecified atom stereocenters. The largest absolute Gasteiger partial charge is 0.457 e. The molecule has 1 heterocycles. The van der Waals surface area contributed by atoms with Crippen LogP contribution in [-0.4, -0.2) is 6.04 Å². The molecule has 2 N–H and O–H groups in total. The molecule has 0 amide bonds. The molecule has 0 saturated heterocycles. The maximum atomic E-state index is 5.60. The standard InChI is InChI=1S/C8H12BrNO/c1-6(10)2-3-7-4-8(9)11-5-7/h4-6H,2-3,10H2,1H3. The van der Waals surface area contributed by atoms with Gasteiger partial charge in [0.1, 0.15) is 0 Å². The Morgan fingerprint density at radius 3 is 2.91 bits per heavy atom. The molecule has 3 heteroatoms. The van der Waals surface area contributed by atoms with Crippen molar-refractivity contribution in [3.05, 3.63) is 22.6 Å². The Hall–Kier alpha value is -0.280. The van der Waals surface area contributed by atoms with Crippen LogP contribution in [0, 0.1) is 0 Å². The minimum absolute atomic E-state index is 0.267. The van der Waals surface area contributed by atoms with Crippen LogP contribution in [0.4, 0.5) is 0 Å². The van der Waals surface area contributed by atoms with Crippen molar-refractivity contribution < 1.29 is 4.42 Å². The normalized spacial score (nSPS) is 13.4. The smallest absolute Gasteiger partial charge is 0.169 e. The Morgan fingerprint density at radius 2 is 2.45 bits per heavy atom. The predicted octanol–water partition coefficient (Wildman–Crippen LogP) is 2.32. The first kappa shape index (κ1) is 8.81. The van der Waals surface area contributed by atoms with Gasteiger partial charge in [-0.3, -0.25) is 0 Å². The molecule has 1 atom stereocenters. The lowest BCUT2D eigenvalue weighted by molar-refractivity contribution is 0.537. The summed E-state index contributed by atoms with van der Waals surface area (Å²) in [5.41, 5.74) is 6.81. The minimum atomic E-state index is 0.267. The van der Waals surface area contributed by atoms with E-state index < -0.39 is 0 Å². The molecule has 0 radical (unpaired) electrons. The van der Waals surface area contributed by atoms with E-state index in [1.54, 1.807) is 6.26 Å². The van der Waals surface area contributed by atoms with Gasteiger partial charge in [-0.2, -0.15) is 0 Å². The summed E-state index contributed by atoms with van der Waals surface area (Å²) in [6.07, 6.45) is 3.76. The van der Waals surface area contributed by atoms with Crippen molar-refractivity contribution in [1.82, 2.24) is 0 Å². The van der Waals surface area contributed by atoms with E-state index in [-0.39, 0.29) is 6.04 Å². The lowest BCUT2D eigenvalue weighted by Crippen LogP contribution is -2.15. The highest BCUT2D eigenvalue weighted by Gasteiger charge is 2.00. The van der Waals surface area contributed by atoms with Crippen molar-refractivity contribution in [3.8, 4) is 0 Å². The molecule has 1 aromatic heterocycles. The second-order valence-corrected chi connectivity index (χ2v) is 3.56. The number of hydrogen-bond donors (Lipinski definition) is 1. The number of rotatable bonds is 3. The number of aryl methyl sites for hydroxylation is 1. The van der Waals surface area contributed by atoms with Crippen LogP contribution in [0.3, 0.4) is 0 Å². The fourth-order valence-corrected chi connectivity index (χ4v) is 1.26. The molecule has 2 nitrogen and oxygen atoms in total. The van der Waals surface area contributed by atoms with E-state index in [0.29, 0.717) is 0 Å². The van der Waals surface area contributed by atoms with Gasteiger partial charge in [-0.1, -0.05) is 0 Å². The molecule has 0 aromatic carbocycles. The van der Waals surface area contributed by atoms with Crippen molar-refractivity contribution in [2.24, 2.45) is 5.73 Å². The van der Waals surface area contributed by atoms with Gasteiger partial charge in [-0.15, -0.1) is 0 Å². The van der Waals surface area contributed by atoms with E-state index in [2.05, 4.69) is 15.9 Å². The van der Waals surface area contributed by atoms with E-state index in [1.807, 2.05) is 13.0 Å². The van der Waals surface area contributed by atoms with Crippen LogP contribution in [0.1, 0.15) is 18.9 Å². The minimum Gasteiger partial charge on any atom is -0.457 e. The summed E-state index contributed by atoms with van der Waals surface area (Å²) in [5.74, 6) is 0. The molecule has 1 aromatic rings. The highest BCUT2D eigenvalue weighted by molar-refractivity contribution is 9.10. The Bertz CT molecular complexity index is 220. The lowest BCUT2D eigenvalue weighted by Gasteiger charge is -2.00. The first-order valence-electron chi connectivity index (χ1n) is 3.67. The van der Waals surface area contributed by atoms with E-state index >= 15 is 0 Å². The third-order valence-corrected chi connectivity index (χ3v) is 1.93. The summed E-state index contributed by atoms with van der Waals surface area (Å²) in [6, 6.07) is 2.24. The van der Waals surface area contributed by atoms with Crippen LogP contribution in [0.5, 0.6) is 0 Å². The lowest BCUT2D eigenvalue weighted by atomic mass is 10.1. The molecule has 0 fully saturated rings. The van der Waals surface area contributed by atoms with Gasteiger partial charge >= 0.3 is 0 Å². The van der Waals surface area contributed by atoms with Gasteiger partial charge in [-0.25, -0.2) is 0 Å². The molecule has 62 valence electrons. The van der Waals surface area contributed by atoms with Crippen LogP contribution in [0.2, 0.25) is 0 Å². The molecular weight excluding hydrogens is 206 g/mol. The highest BCUT2D eigenvalue weighted by Crippen LogP contribution is 2.15. The summed E-state index contributed by atoms with van der Waals surface area (Å²) in [4.78, 5) is 0. The molecule has 11 heavy (non-hydrogen) atoms. The summed E-state index contributed by atoms with van der Waals surface area (Å²) in [7, 11) is 0. The van der Waals surface area contributed by atoms with Crippen LogP contribution in [0.15, 0.2) is 21.4 Å². The van der Waals surface area contributed by atoms with Crippen molar-refractivity contribution in [2.75, 3.05) is 0 Å². The predicted molar refractivity (Wildman–Crippen MR) is 48.4 cm³/mol. The summed E-state index contributed by atoms with van der Waals surface area (Å²) < 4.78 is 5.86. The Labute approximate surface area is 74.9 Å². The van der Waals surface area contributed by atoms with Gasteiger partial charge in [0, 0.05) is 6.04 Å². The van der Waals surface area contributed by atoms with Gasteiger partial charge in [0.2, 0.25) is 0 Å². The monoisotopic (exact) mass is 217 g/mol. The third kappa shape index (κ3) is 3.08. The Morgan fingerprint density at radius 1 is 1.73 bits per heavy atom. The van der Waals surface area contributed by atoms with Gasteiger partial charge in [0.15, 0.2) is 4.67 Å². The van der Waals surface area contributed by atoms with Crippen molar-refractivity contribution in [1.29, 1.82) is 0 Å². The van der Waals surface area contributed by atoms with E-state index in [4.69, 9.17) is 10.2 Å². The number of nitrogens with two attached hydrogens (primary N) is 1. The molecular formula is C8H12BrNO. The van der Waals surface area contributed by atoms with Gasteiger partial charge in [0.25, 0.3) is 0 Å². The molecule has 0 spiro atoms. The zero-order chi connectivity index (χ0) is 8.27. The first-order chi connectivity index (χ1) is 5.18. The molecule has 1 rings (SSSR count). The summed E-state index contributed by atoms with van der Waals surface area (Å²) >= 11 is 3.24. The van der Waals surface area contributed by atoms with Crippen molar-refractivity contribution in [2.45, 2.75) is 25.8 Å². The number of hydrogen-bond acceptors (Lipinski definition) is 2. The van der Waals surface area contributed by atoms with E-state index in [1.165, 1.54) is 5.56 Å². The van der Waals surface area contributed by atoms with Crippen LogP contribution in [0.25, 0.3) is 0 Å². The molecule has 0 saturated carbocycles. The highest BCUT2D eigenvalue weighted by atomic mass is 79.9. The quantitative estimate of drug-likeness (QED) is 0.845. The molecule has 0 bridgehead atoms. The van der Waals surface area contributed by atoms with Crippen molar-refractivity contribution >= 4 is 15.9 Å². The maximum Gasteiger partial charge on any atom is 0.169 e. The van der Waals surface area contributed by atoms with Gasteiger partial charge in [-0.05, 0) is 47.3 Å². The van der Waals surface area contributed by atoms with Crippen LogP contribution < -0.4 is 5.73 Å². The first-order valence-corrected chi connectivity index (χ1v) is 4.46. The van der Waals surface area contributed by atoms with Crippen molar-refractivity contribution in [3.63, 3.8) is 0 Å². The average Bonchev–Trinajstić information content (AvgIpc) is 2.31. The topological polar surface area (TPSA) is 39.2 Å². The van der Waals surface area contributed by atoms with Crippen LogP contribution >= 0.6 is 15.9 Å². The number of furan rings is 1. The van der Waals surface area contributed by atoms with E-state index in [9.17, 15) is 0 Å². The second kappa shape index (κ2) is 3.93. The molecule has 0 aliphatic carbocycles. The molecule has 0 aliphatic heterocycles. The SMILES string of the molecule is CC(N)CCc1coc(Br)c1. The summed E-state index contributed by atoms with van der Waals surface area (Å²) in [6.45, 7) is 2.01. The average molecular weight is 218 g/mol.